The van der Waals surface area contributed by atoms with Gasteiger partial charge in [-0.1, -0.05) is 133 Å². The van der Waals surface area contributed by atoms with E-state index in [9.17, 15) is 5.26 Å². The molecule has 0 saturated heterocycles. The molecule has 0 atom stereocenters. The van der Waals surface area contributed by atoms with Gasteiger partial charge < -0.3 is 9.13 Å². The highest BCUT2D eigenvalue weighted by Gasteiger charge is 2.36. The second kappa shape index (κ2) is 16.4. The van der Waals surface area contributed by atoms with Crippen LogP contribution < -0.4 is 0 Å². The minimum atomic E-state index is -4.70. The Morgan fingerprint density at radius 3 is 1.32 bits per heavy atom. The average Bonchev–Trinajstić information content (AvgIpc) is 3.91. The van der Waals surface area contributed by atoms with E-state index in [1.807, 2.05) is 167 Å². The number of hydrogen-bond donors (Lipinski definition) is 0. The van der Waals surface area contributed by atoms with Gasteiger partial charge in [-0.2, -0.15) is 18.4 Å². The molecule has 0 spiro atoms. The molecule has 0 fully saturated rings. The van der Waals surface area contributed by atoms with E-state index in [0.29, 0.717) is 28.1 Å². The predicted octanol–water partition coefficient (Wildman–Crippen LogP) is 16.2. The van der Waals surface area contributed by atoms with Crippen LogP contribution in [0.5, 0.6) is 0 Å². The van der Waals surface area contributed by atoms with Crippen LogP contribution in [0, 0.1) is 18.3 Å². The maximum atomic E-state index is 15.6. The molecule has 0 aliphatic carbocycles. The third kappa shape index (κ3) is 7.02. The SMILES string of the molecule is Cc1cccc(C(F)(F)F)c1-c1c(-n2c3ccccc3c3cc(-c4ccc(-c5ccccc5)nc4)ccc32)cc(C#N)cc1-n1c2ccccc2c2cc(-c3ccc(-c4ccccc4)nc3)ccc21. The van der Waals surface area contributed by atoms with E-state index in [2.05, 4.69) is 30.3 Å². The van der Waals surface area contributed by atoms with Gasteiger partial charge in [0.15, 0.2) is 0 Å². The van der Waals surface area contributed by atoms with Gasteiger partial charge in [-0.3, -0.25) is 9.97 Å². The zero-order chi connectivity index (χ0) is 46.8. The van der Waals surface area contributed by atoms with Crippen LogP contribution >= 0.6 is 0 Å². The molecule has 328 valence electrons. The van der Waals surface area contributed by atoms with Gasteiger partial charge in [0.25, 0.3) is 0 Å². The number of aryl methyl sites for hydroxylation is 1. The second-order valence-electron chi connectivity index (χ2n) is 17.3. The molecule has 4 aromatic heterocycles. The number of para-hydroxylation sites is 2. The standard InChI is InChI=1S/C61H38F3N5/c1-38-13-12-20-50(61(62,63)64)59(38)60-57(68-53-21-10-8-18-46(53)48-33-42(25-29-55(48)68)44-23-27-51(66-36-44)40-14-4-2-5-15-40)31-39(35-65)32-58(60)69-54-22-11-9-19-47(54)49-34-43(26-30-56(49)69)45-24-28-52(67-37-45)41-16-6-3-7-17-41/h2-34,36-37H,1H3. The molecule has 8 aromatic carbocycles. The van der Waals surface area contributed by atoms with E-state index >= 15 is 13.2 Å². The summed E-state index contributed by atoms with van der Waals surface area (Å²) in [6.07, 6.45) is -0.968. The van der Waals surface area contributed by atoms with Crippen LogP contribution in [0.15, 0.2) is 213 Å². The molecular formula is C61H38F3N5. The molecule has 12 rings (SSSR count). The van der Waals surface area contributed by atoms with Crippen molar-refractivity contribution < 1.29 is 13.2 Å². The largest absolute Gasteiger partial charge is 0.417 e. The zero-order valence-corrected chi connectivity index (χ0v) is 37.1. The van der Waals surface area contributed by atoms with Crippen LogP contribution in [0.2, 0.25) is 0 Å². The van der Waals surface area contributed by atoms with Crippen molar-refractivity contribution in [2.75, 3.05) is 0 Å². The molecule has 69 heavy (non-hydrogen) atoms. The Labute approximate surface area is 395 Å². The highest BCUT2D eigenvalue weighted by atomic mass is 19.4. The average molecular weight is 898 g/mol. The van der Waals surface area contributed by atoms with Crippen LogP contribution in [0.3, 0.4) is 0 Å². The normalized spacial score (nSPS) is 11.8. The van der Waals surface area contributed by atoms with Crippen LogP contribution in [0.4, 0.5) is 13.2 Å². The van der Waals surface area contributed by atoms with Gasteiger partial charge in [0.1, 0.15) is 0 Å². The highest BCUT2D eigenvalue weighted by molar-refractivity contribution is 6.13. The van der Waals surface area contributed by atoms with Gasteiger partial charge in [0.05, 0.1) is 62.0 Å². The van der Waals surface area contributed by atoms with Crippen molar-refractivity contribution in [1.29, 1.82) is 5.26 Å². The number of nitriles is 1. The molecule has 0 aliphatic heterocycles. The number of nitrogens with zero attached hydrogens (tertiary/aromatic N) is 5. The van der Waals surface area contributed by atoms with Crippen LogP contribution in [0.1, 0.15) is 16.7 Å². The summed E-state index contributed by atoms with van der Waals surface area (Å²) in [5.74, 6) is 0. The third-order valence-electron chi connectivity index (χ3n) is 13.2. The lowest BCUT2D eigenvalue weighted by Gasteiger charge is -2.24. The van der Waals surface area contributed by atoms with Crippen molar-refractivity contribution in [3.8, 4) is 73.3 Å². The number of rotatable bonds is 7. The van der Waals surface area contributed by atoms with Gasteiger partial charge >= 0.3 is 6.18 Å². The van der Waals surface area contributed by atoms with Crippen LogP contribution in [-0.4, -0.2) is 19.1 Å². The Morgan fingerprint density at radius 1 is 0.420 bits per heavy atom. The minimum absolute atomic E-state index is 0.0405. The number of hydrogen-bond acceptors (Lipinski definition) is 3. The predicted molar refractivity (Wildman–Crippen MR) is 272 cm³/mol. The van der Waals surface area contributed by atoms with Crippen molar-refractivity contribution in [2.45, 2.75) is 13.1 Å². The Hall–Kier alpha value is -9.06. The van der Waals surface area contributed by atoms with Gasteiger partial charge in [0, 0.05) is 67.3 Å². The van der Waals surface area contributed by atoms with E-state index in [4.69, 9.17) is 9.97 Å². The molecule has 0 saturated carbocycles. The molecular weight excluding hydrogens is 860 g/mol. The second-order valence-corrected chi connectivity index (χ2v) is 17.3. The molecule has 5 nitrogen and oxygen atoms in total. The number of alkyl halides is 3. The van der Waals surface area contributed by atoms with Crippen LogP contribution in [0.25, 0.3) is 111 Å². The fourth-order valence-corrected chi connectivity index (χ4v) is 10.0. The minimum Gasteiger partial charge on any atom is -0.308 e. The lowest BCUT2D eigenvalue weighted by molar-refractivity contribution is -0.137. The van der Waals surface area contributed by atoms with Crippen molar-refractivity contribution in [3.05, 3.63) is 229 Å². The Kier molecular flexibility index (Phi) is 9.82. The zero-order valence-electron chi connectivity index (χ0n) is 37.1. The van der Waals surface area contributed by atoms with Gasteiger partial charge in [-0.25, -0.2) is 0 Å². The fraction of sp³-hybridized carbons (Fsp3) is 0.0328. The van der Waals surface area contributed by atoms with Crippen LogP contribution in [-0.2, 0) is 6.18 Å². The molecule has 8 heteroatoms. The molecule has 0 aliphatic rings. The van der Waals surface area contributed by atoms with Crippen molar-refractivity contribution in [1.82, 2.24) is 19.1 Å². The first kappa shape index (κ1) is 41.4. The summed E-state index contributed by atoms with van der Waals surface area (Å²) >= 11 is 0. The maximum Gasteiger partial charge on any atom is 0.417 e. The summed E-state index contributed by atoms with van der Waals surface area (Å²) in [6, 6.07) is 66.5. The number of aromatic nitrogens is 4. The fourth-order valence-electron chi connectivity index (χ4n) is 10.0. The van der Waals surface area contributed by atoms with Gasteiger partial charge in [-0.15, -0.1) is 0 Å². The van der Waals surface area contributed by atoms with E-state index in [0.717, 1.165) is 94.4 Å². The molecule has 0 unspecified atom stereocenters. The number of pyridine rings is 2. The summed E-state index contributed by atoms with van der Waals surface area (Å²) < 4.78 is 50.8. The first-order valence-electron chi connectivity index (χ1n) is 22.6. The van der Waals surface area contributed by atoms with Crippen molar-refractivity contribution in [3.63, 3.8) is 0 Å². The quantitative estimate of drug-likeness (QED) is 0.160. The lowest BCUT2D eigenvalue weighted by Crippen LogP contribution is -2.12. The first-order valence-corrected chi connectivity index (χ1v) is 22.6. The van der Waals surface area contributed by atoms with Crippen molar-refractivity contribution in [2.24, 2.45) is 0 Å². The van der Waals surface area contributed by atoms with Gasteiger partial charge in [0.2, 0.25) is 0 Å². The molecule has 0 amide bonds. The maximum absolute atomic E-state index is 15.6. The Bertz CT molecular complexity index is 3770. The van der Waals surface area contributed by atoms with E-state index in [1.165, 1.54) is 6.07 Å². The number of benzene rings is 8. The number of fused-ring (bicyclic) bond motifs is 6. The van der Waals surface area contributed by atoms with Crippen molar-refractivity contribution >= 4 is 43.6 Å². The van der Waals surface area contributed by atoms with E-state index in [-0.39, 0.29) is 5.56 Å². The lowest BCUT2D eigenvalue weighted by atomic mass is 9.90. The summed E-state index contributed by atoms with van der Waals surface area (Å²) in [7, 11) is 0. The first-order chi connectivity index (χ1) is 33.7. The molecule has 0 bridgehead atoms. The number of halogens is 3. The molecule has 4 heterocycles. The Morgan fingerprint density at radius 2 is 0.870 bits per heavy atom. The van der Waals surface area contributed by atoms with E-state index < -0.39 is 11.7 Å². The third-order valence-corrected chi connectivity index (χ3v) is 13.2. The highest BCUT2D eigenvalue weighted by Crippen LogP contribution is 2.48. The smallest absolute Gasteiger partial charge is 0.308 e. The Balaban J connectivity index is 1.12. The summed E-state index contributed by atoms with van der Waals surface area (Å²) in [6.45, 7) is 1.72. The molecule has 0 radical (unpaired) electrons. The summed E-state index contributed by atoms with van der Waals surface area (Å²) in [5, 5.41) is 14.5. The molecule has 0 N–H and O–H groups in total. The molecule has 12 aromatic rings. The summed E-state index contributed by atoms with van der Waals surface area (Å²) in [4.78, 5) is 9.60. The van der Waals surface area contributed by atoms with E-state index in [1.54, 1.807) is 25.1 Å². The summed E-state index contributed by atoms with van der Waals surface area (Å²) in [5.41, 5.74) is 11.9. The monoisotopic (exact) mass is 897 g/mol. The van der Waals surface area contributed by atoms with Gasteiger partial charge in [-0.05, 0) is 90.3 Å². The topological polar surface area (TPSA) is 59.4 Å².